The number of fused-ring (bicyclic) bond motifs is 1. The topological polar surface area (TPSA) is 94.0 Å². The lowest BCUT2D eigenvalue weighted by Gasteiger charge is -2.36. The molecule has 1 atom stereocenters. The molecule has 1 aromatic heterocycles. The standard InChI is InChI=1S/C8H12N4O2S/c9-15(10,13)6-4-11-12-5-8(2-1-3-8)14-7(6)12/h4H,1-3,5H2,(H3,9,10,13). The highest BCUT2D eigenvalue weighted by molar-refractivity contribution is 7.90. The van der Waals surface area contributed by atoms with Gasteiger partial charge >= 0.3 is 0 Å². The Bertz CT molecular complexity index is 515. The van der Waals surface area contributed by atoms with Gasteiger partial charge in [0.1, 0.15) is 20.4 Å². The van der Waals surface area contributed by atoms with E-state index in [2.05, 4.69) is 5.10 Å². The third-order valence-electron chi connectivity index (χ3n) is 3.10. The van der Waals surface area contributed by atoms with Crippen LogP contribution in [0, 0.1) is 4.78 Å². The fourth-order valence-electron chi connectivity index (χ4n) is 2.12. The highest BCUT2D eigenvalue weighted by Gasteiger charge is 2.46. The Labute approximate surface area is 87.5 Å². The van der Waals surface area contributed by atoms with Gasteiger partial charge in [0.05, 0.1) is 12.7 Å². The van der Waals surface area contributed by atoms with E-state index < -0.39 is 9.92 Å². The van der Waals surface area contributed by atoms with E-state index in [-0.39, 0.29) is 10.5 Å². The second kappa shape index (κ2) is 2.53. The van der Waals surface area contributed by atoms with Crippen molar-refractivity contribution >= 4 is 9.92 Å². The van der Waals surface area contributed by atoms with Crippen molar-refractivity contribution in [3.8, 4) is 5.88 Å². The van der Waals surface area contributed by atoms with Crippen LogP contribution in [-0.4, -0.2) is 19.6 Å². The number of hydrogen-bond donors (Lipinski definition) is 2. The molecule has 1 saturated carbocycles. The van der Waals surface area contributed by atoms with Crippen LogP contribution >= 0.6 is 0 Å². The van der Waals surface area contributed by atoms with Crippen LogP contribution in [0.25, 0.3) is 0 Å². The summed E-state index contributed by atoms with van der Waals surface area (Å²) in [6.45, 7) is 0.692. The van der Waals surface area contributed by atoms with Gasteiger partial charge < -0.3 is 4.74 Å². The maximum Gasteiger partial charge on any atom is 0.231 e. The fourth-order valence-corrected chi connectivity index (χ4v) is 2.73. The van der Waals surface area contributed by atoms with Crippen LogP contribution in [0.1, 0.15) is 19.3 Å². The highest BCUT2D eigenvalue weighted by atomic mass is 32.2. The molecule has 0 saturated heterocycles. The van der Waals surface area contributed by atoms with Crippen molar-refractivity contribution in [2.24, 2.45) is 5.14 Å². The average molecular weight is 228 g/mol. The second-order valence-electron chi connectivity index (χ2n) is 4.21. The van der Waals surface area contributed by atoms with Crippen LogP contribution < -0.4 is 9.88 Å². The third-order valence-corrected chi connectivity index (χ3v) is 4.04. The van der Waals surface area contributed by atoms with Gasteiger partial charge in [-0.15, -0.1) is 0 Å². The highest BCUT2D eigenvalue weighted by Crippen LogP contribution is 2.44. The lowest BCUT2D eigenvalue weighted by molar-refractivity contribution is 0.00902. The van der Waals surface area contributed by atoms with E-state index in [1.54, 1.807) is 4.68 Å². The van der Waals surface area contributed by atoms with Gasteiger partial charge in [-0.25, -0.2) is 18.8 Å². The van der Waals surface area contributed by atoms with Crippen molar-refractivity contribution in [3.63, 3.8) is 0 Å². The molecule has 1 fully saturated rings. The van der Waals surface area contributed by atoms with Crippen molar-refractivity contribution in [2.75, 3.05) is 0 Å². The Balaban J connectivity index is 2.05. The minimum absolute atomic E-state index is 0.150. The number of ether oxygens (including phenoxy) is 1. The summed E-state index contributed by atoms with van der Waals surface area (Å²) in [5.41, 5.74) is -0.150. The number of aromatic nitrogens is 2. The summed E-state index contributed by atoms with van der Waals surface area (Å²) in [5.74, 6) is 0.428. The van der Waals surface area contributed by atoms with Gasteiger partial charge in [0, 0.05) is 0 Å². The lowest BCUT2D eigenvalue weighted by Crippen LogP contribution is -2.42. The molecule has 6 nitrogen and oxygen atoms in total. The molecular weight excluding hydrogens is 216 g/mol. The molecule has 1 aliphatic heterocycles. The normalized spacial score (nSPS) is 25.4. The Hall–Kier alpha value is -1.08. The summed E-state index contributed by atoms with van der Waals surface area (Å²) in [6, 6.07) is 0. The molecule has 0 amide bonds. The van der Waals surface area contributed by atoms with Crippen LogP contribution in [0.4, 0.5) is 0 Å². The first kappa shape index (κ1) is 9.17. The van der Waals surface area contributed by atoms with Gasteiger partial charge in [0.15, 0.2) is 0 Å². The molecule has 1 unspecified atom stereocenters. The lowest BCUT2D eigenvalue weighted by atomic mass is 9.80. The minimum Gasteiger partial charge on any atom is -0.468 e. The van der Waals surface area contributed by atoms with E-state index >= 15 is 0 Å². The minimum atomic E-state index is -3.23. The molecule has 15 heavy (non-hydrogen) atoms. The van der Waals surface area contributed by atoms with Crippen LogP contribution in [0.2, 0.25) is 0 Å². The molecule has 3 N–H and O–H groups in total. The van der Waals surface area contributed by atoms with Gasteiger partial charge in [-0.05, 0) is 19.3 Å². The van der Waals surface area contributed by atoms with E-state index in [9.17, 15) is 4.21 Å². The van der Waals surface area contributed by atoms with E-state index in [1.807, 2.05) is 0 Å². The zero-order chi connectivity index (χ0) is 10.7. The summed E-state index contributed by atoms with van der Waals surface area (Å²) in [7, 11) is -3.23. The largest absolute Gasteiger partial charge is 0.468 e. The number of nitrogens with one attached hydrogen (secondary N) is 1. The zero-order valence-electron chi connectivity index (χ0n) is 8.10. The van der Waals surface area contributed by atoms with Crippen molar-refractivity contribution < 1.29 is 8.95 Å². The third kappa shape index (κ3) is 1.19. The number of hydrogen-bond acceptors (Lipinski definition) is 4. The first-order chi connectivity index (χ1) is 7.00. The maximum atomic E-state index is 11.4. The molecule has 7 heteroatoms. The predicted molar refractivity (Wildman–Crippen MR) is 52.8 cm³/mol. The van der Waals surface area contributed by atoms with Gasteiger partial charge in [0.2, 0.25) is 5.88 Å². The van der Waals surface area contributed by atoms with E-state index in [1.165, 1.54) is 6.20 Å². The van der Waals surface area contributed by atoms with Crippen LogP contribution in [-0.2, 0) is 16.5 Å². The Morgan fingerprint density at radius 3 is 2.93 bits per heavy atom. The van der Waals surface area contributed by atoms with Gasteiger partial charge in [0.25, 0.3) is 0 Å². The molecule has 3 rings (SSSR count). The predicted octanol–water partition coefficient (Wildman–Crippen LogP) is 0.478. The molecule has 2 aliphatic rings. The second-order valence-corrected chi connectivity index (χ2v) is 5.85. The molecule has 0 radical (unpaired) electrons. The Morgan fingerprint density at radius 2 is 2.40 bits per heavy atom. The molecule has 1 spiro atoms. The summed E-state index contributed by atoms with van der Waals surface area (Å²) >= 11 is 0. The van der Waals surface area contributed by atoms with Crippen molar-refractivity contribution in [2.45, 2.75) is 36.3 Å². The number of rotatable bonds is 1. The molecule has 82 valence electrons. The monoisotopic (exact) mass is 228 g/mol. The van der Waals surface area contributed by atoms with Crippen LogP contribution in [0.3, 0.4) is 0 Å². The molecule has 2 heterocycles. The average Bonchev–Trinajstić information content (AvgIpc) is 2.52. The first-order valence-electron chi connectivity index (χ1n) is 4.82. The summed E-state index contributed by atoms with van der Waals surface area (Å²) in [5, 5.41) is 9.34. The molecule has 0 aromatic carbocycles. The quantitative estimate of drug-likeness (QED) is 0.731. The first-order valence-corrected chi connectivity index (χ1v) is 6.44. The molecular formula is C8H12N4O2S. The zero-order valence-corrected chi connectivity index (χ0v) is 8.92. The van der Waals surface area contributed by atoms with Crippen molar-refractivity contribution in [1.82, 2.24) is 9.78 Å². The fraction of sp³-hybridized carbons (Fsp3) is 0.625. The number of nitrogens with zero attached hydrogens (tertiary/aromatic N) is 2. The van der Waals surface area contributed by atoms with Gasteiger partial charge in [-0.1, -0.05) is 0 Å². The van der Waals surface area contributed by atoms with Gasteiger partial charge in [-0.2, -0.15) is 5.10 Å². The molecule has 1 aliphatic carbocycles. The Morgan fingerprint density at radius 1 is 1.67 bits per heavy atom. The molecule has 0 bridgehead atoms. The summed E-state index contributed by atoms with van der Waals surface area (Å²) < 4.78 is 26.2. The smallest absolute Gasteiger partial charge is 0.231 e. The molecule has 1 aromatic rings. The van der Waals surface area contributed by atoms with E-state index in [0.717, 1.165) is 19.3 Å². The van der Waals surface area contributed by atoms with Crippen molar-refractivity contribution in [3.05, 3.63) is 6.20 Å². The van der Waals surface area contributed by atoms with Gasteiger partial charge in [-0.3, -0.25) is 0 Å². The van der Waals surface area contributed by atoms with Crippen molar-refractivity contribution in [1.29, 1.82) is 4.78 Å². The Kier molecular flexibility index (Phi) is 1.55. The SMILES string of the molecule is N=S(N)(=O)c1cnn2c1OC1(CCC1)C2. The van der Waals surface area contributed by atoms with Crippen LogP contribution in [0.15, 0.2) is 11.1 Å². The number of nitrogens with two attached hydrogens (primary N) is 1. The summed E-state index contributed by atoms with van der Waals surface area (Å²) in [4.78, 5) is 0.214. The summed E-state index contributed by atoms with van der Waals surface area (Å²) in [6.07, 6.45) is 4.52. The van der Waals surface area contributed by atoms with E-state index in [4.69, 9.17) is 14.7 Å². The maximum absolute atomic E-state index is 11.4. The van der Waals surface area contributed by atoms with E-state index in [0.29, 0.717) is 12.4 Å². The van der Waals surface area contributed by atoms with Crippen LogP contribution in [0.5, 0.6) is 5.88 Å².